The zero-order valence-corrected chi connectivity index (χ0v) is 18.3. The Morgan fingerprint density at radius 1 is 1.00 bits per heavy atom. The van der Waals surface area contributed by atoms with Crippen LogP contribution in [-0.2, 0) is 13.1 Å². The lowest BCUT2D eigenvalue weighted by Gasteiger charge is -2.11. The van der Waals surface area contributed by atoms with Gasteiger partial charge in [0.25, 0.3) is 5.91 Å². The van der Waals surface area contributed by atoms with E-state index in [1.54, 1.807) is 7.11 Å². The highest BCUT2D eigenvalue weighted by Gasteiger charge is 2.16. The number of ether oxygens (including phenoxy) is 1. The molecule has 33 heavy (non-hydrogen) atoms. The summed E-state index contributed by atoms with van der Waals surface area (Å²) in [7, 11) is 1.65. The highest BCUT2D eigenvalue weighted by Crippen LogP contribution is 2.32. The summed E-state index contributed by atoms with van der Waals surface area (Å²) < 4.78 is 5.40. The van der Waals surface area contributed by atoms with Gasteiger partial charge >= 0.3 is 0 Å². The molecule has 4 N–H and O–H groups in total. The summed E-state index contributed by atoms with van der Waals surface area (Å²) >= 11 is 0. The number of aromatic nitrogens is 2. The second-order valence-electron chi connectivity index (χ2n) is 7.89. The molecule has 0 radical (unpaired) electrons. The lowest BCUT2D eigenvalue weighted by atomic mass is 10.0. The Labute approximate surface area is 191 Å². The number of aromatic amines is 1. The zero-order valence-electron chi connectivity index (χ0n) is 18.3. The molecule has 0 unspecified atom stereocenters. The molecule has 164 valence electrons. The Morgan fingerprint density at radius 3 is 2.58 bits per heavy atom. The summed E-state index contributed by atoms with van der Waals surface area (Å²) in [6.07, 6.45) is 1.92. The monoisotopic (exact) mass is 436 g/mol. The Bertz CT molecular complexity index is 1450. The van der Waals surface area contributed by atoms with Gasteiger partial charge in [0.2, 0.25) is 0 Å². The van der Waals surface area contributed by atoms with Gasteiger partial charge in [-0.15, -0.1) is 0 Å². The summed E-state index contributed by atoms with van der Waals surface area (Å²) in [5, 5.41) is 4.85. The minimum Gasteiger partial charge on any atom is -0.497 e. The Morgan fingerprint density at radius 2 is 1.79 bits per heavy atom. The van der Waals surface area contributed by atoms with Crippen molar-refractivity contribution in [2.24, 2.45) is 5.73 Å². The van der Waals surface area contributed by atoms with E-state index in [-0.39, 0.29) is 5.91 Å². The fourth-order valence-electron chi connectivity index (χ4n) is 4.01. The summed E-state index contributed by atoms with van der Waals surface area (Å²) in [5.74, 6) is 0.623. The topological polar surface area (TPSA) is 93.0 Å². The first kappa shape index (κ1) is 20.7. The van der Waals surface area contributed by atoms with E-state index in [0.29, 0.717) is 18.7 Å². The molecule has 1 amide bonds. The summed E-state index contributed by atoms with van der Waals surface area (Å²) in [5.41, 5.74) is 11.7. The molecule has 2 aromatic heterocycles. The minimum absolute atomic E-state index is 0.143. The van der Waals surface area contributed by atoms with Gasteiger partial charge in [-0.3, -0.25) is 4.79 Å². The van der Waals surface area contributed by atoms with Crippen LogP contribution in [0.5, 0.6) is 5.75 Å². The number of carbonyl (C=O) groups is 1. The SMILES string of the molecule is COc1ccc2[nH]cc(-c3cc(C(=O)NCc4ccc(CN)cc4)c4ccccc4n3)c2c1. The molecule has 0 bridgehead atoms. The van der Waals surface area contributed by atoms with Crippen LogP contribution in [0.2, 0.25) is 0 Å². The van der Waals surface area contributed by atoms with Gasteiger partial charge in [-0.25, -0.2) is 4.98 Å². The average Bonchev–Trinajstić information content (AvgIpc) is 3.30. The highest BCUT2D eigenvalue weighted by atomic mass is 16.5. The van der Waals surface area contributed by atoms with E-state index in [9.17, 15) is 4.79 Å². The predicted molar refractivity (Wildman–Crippen MR) is 131 cm³/mol. The van der Waals surface area contributed by atoms with E-state index in [1.165, 1.54) is 0 Å². The summed E-state index contributed by atoms with van der Waals surface area (Å²) in [4.78, 5) is 21.4. The van der Waals surface area contributed by atoms with Crippen LogP contribution in [0.1, 0.15) is 21.5 Å². The molecule has 0 saturated heterocycles. The molecule has 6 nitrogen and oxygen atoms in total. The van der Waals surface area contributed by atoms with Crippen LogP contribution in [0.4, 0.5) is 0 Å². The van der Waals surface area contributed by atoms with Crippen LogP contribution in [-0.4, -0.2) is 23.0 Å². The third-order valence-corrected chi connectivity index (χ3v) is 5.84. The molecule has 0 aliphatic heterocycles. The van der Waals surface area contributed by atoms with Crippen LogP contribution in [0.15, 0.2) is 79.0 Å². The maximum absolute atomic E-state index is 13.3. The van der Waals surface area contributed by atoms with E-state index >= 15 is 0 Å². The summed E-state index contributed by atoms with van der Waals surface area (Å²) in [6, 6.07) is 23.3. The van der Waals surface area contributed by atoms with Gasteiger partial charge < -0.3 is 20.8 Å². The van der Waals surface area contributed by atoms with Gasteiger partial charge in [0, 0.05) is 41.1 Å². The first-order valence-electron chi connectivity index (χ1n) is 10.8. The van der Waals surface area contributed by atoms with Gasteiger partial charge in [-0.05, 0) is 41.5 Å². The second kappa shape index (κ2) is 8.76. The number of H-pyrrole nitrogens is 1. The van der Waals surface area contributed by atoms with Crippen molar-refractivity contribution in [3.63, 3.8) is 0 Å². The molecule has 2 heterocycles. The van der Waals surface area contributed by atoms with Crippen LogP contribution >= 0.6 is 0 Å². The quantitative estimate of drug-likeness (QED) is 0.357. The van der Waals surface area contributed by atoms with Crippen molar-refractivity contribution in [2.75, 3.05) is 7.11 Å². The average molecular weight is 437 g/mol. The van der Waals surface area contributed by atoms with E-state index in [0.717, 1.165) is 49.9 Å². The number of benzene rings is 3. The molecule has 3 aromatic carbocycles. The van der Waals surface area contributed by atoms with E-state index < -0.39 is 0 Å². The number of methoxy groups -OCH3 is 1. The van der Waals surface area contributed by atoms with Gasteiger partial charge in [0.15, 0.2) is 0 Å². The van der Waals surface area contributed by atoms with Crippen LogP contribution in [0.3, 0.4) is 0 Å². The Balaban J connectivity index is 1.53. The maximum Gasteiger partial charge on any atom is 0.252 e. The molecule has 6 heteroatoms. The third-order valence-electron chi connectivity index (χ3n) is 5.84. The molecule has 0 atom stereocenters. The number of amides is 1. The molecule has 5 aromatic rings. The van der Waals surface area contributed by atoms with Crippen molar-refractivity contribution < 1.29 is 9.53 Å². The number of fused-ring (bicyclic) bond motifs is 2. The number of pyridine rings is 1. The molecular weight excluding hydrogens is 412 g/mol. The van der Waals surface area contributed by atoms with Crippen molar-refractivity contribution in [2.45, 2.75) is 13.1 Å². The lowest BCUT2D eigenvalue weighted by Crippen LogP contribution is -2.23. The fraction of sp³-hybridized carbons (Fsp3) is 0.111. The number of nitrogens with zero attached hydrogens (tertiary/aromatic N) is 1. The van der Waals surface area contributed by atoms with E-state index in [1.807, 2.05) is 79.0 Å². The van der Waals surface area contributed by atoms with Crippen molar-refractivity contribution in [1.82, 2.24) is 15.3 Å². The first-order chi connectivity index (χ1) is 16.2. The Kier molecular flexibility index (Phi) is 5.50. The van der Waals surface area contributed by atoms with E-state index in [4.69, 9.17) is 15.5 Å². The molecule has 0 saturated carbocycles. The molecular formula is C27H24N4O2. The molecule has 0 aliphatic rings. The number of hydrogen-bond acceptors (Lipinski definition) is 4. The lowest BCUT2D eigenvalue weighted by molar-refractivity contribution is 0.0952. The van der Waals surface area contributed by atoms with Crippen LogP contribution in [0, 0.1) is 0 Å². The second-order valence-corrected chi connectivity index (χ2v) is 7.89. The molecule has 0 fully saturated rings. The normalized spacial score (nSPS) is 11.1. The zero-order chi connectivity index (χ0) is 22.8. The number of para-hydroxylation sites is 1. The first-order valence-corrected chi connectivity index (χ1v) is 10.8. The van der Waals surface area contributed by atoms with Gasteiger partial charge in [0.1, 0.15) is 5.75 Å². The highest BCUT2D eigenvalue weighted by molar-refractivity contribution is 6.08. The number of nitrogens with two attached hydrogens (primary N) is 1. The van der Waals surface area contributed by atoms with Gasteiger partial charge in [-0.1, -0.05) is 42.5 Å². The smallest absolute Gasteiger partial charge is 0.252 e. The van der Waals surface area contributed by atoms with E-state index in [2.05, 4.69) is 10.3 Å². The fourth-order valence-corrected chi connectivity index (χ4v) is 4.01. The number of nitrogens with one attached hydrogen (secondary N) is 2. The van der Waals surface area contributed by atoms with Crippen LogP contribution in [0.25, 0.3) is 33.1 Å². The van der Waals surface area contributed by atoms with Gasteiger partial charge in [-0.2, -0.15) is 0 Å². The van der Waals surface area contributed by atoms with Gasteiger partial charge in [0.05, 0.1) is 23.9 Å². The molecule has 0 aliphatic carbocycles. The van der Waals surface area contributed by atoms with Crippen molar-refractivity contribution in [1.29, 1.82) is 0 Å². The number of rotatable bonds is 6. The molecule has 5 rings (SSSR count). The van der Waals surface area contributed by atoms with Crippen molar-refractivity contribution in [3.8, 4) is 17.0 Å². The van der Waals surface area contributed by atoms with Crippen molar-refractivity contribution >= 4 is 27.7 Å². The van der Waals surface area contributed by atoms with Crippen molar-refractivity contribution in [3.05, 3.63) is 95.7 Å². The number of carbonyl (C=O) groups excluding carboxylic acids is 1. The maximum atomic E-state index is 13.3. The summed E-state index contributed by atoms with van der Waals surface area (Å²) in [6.45, 7) is 0.929. The standard InChI is InChI=1S/C27H24N4O2/c1-33-19-10-11-24-21(12-19)23(16-29-24)26-13-22(20-4-2-3-5-25(20)31-26)27(32)30-15-18-8-6-17(14-28)7-9-18/h2-13,16,29H,14-15,28H2,1H3,(H,30,32). The van der Waals surface area contributed by atoms with Crippen LogP contribution < -0.4 is 15.8 Å². The Hall–Kier alpha value is -4.16. The molecule has 0 spiro atoms. The minimum atomic E-state index is -0.143. The predicted octanol–water partition coefficient (Wildman–Crippen LogP) is 4.78. The third kappa shape index (κ3) is 4.04. The number of hydrogen-bond donors (Lipinski definition) is 3. The largest absolute Gasteiger partial charge is 0.497 e.